The minimum atomic E-state index is -1.79. The number of H-pyrrole nitrogens is 1. The lowest BCUT2D eigenvalue weighted by atomic mass is 10.0. The molecule has 0 aliphatic rings. The number of alkyl carbamates (subject to hydrolysis) is 1. The second-order valence-electron chi connectivity index (χ2n) is 19.6. The average molecular weight is 1160 g/mol. The first-order valence-corrected chi connectivity index (χ1v) is 28.2. The number of benzene rings is 3. The van der Waals surface area contributed by atoms with Crippen LogP contribution in [-0.4, -0.2) is 169 Å². The number of hydrogen-bond acceptors (Lipinski definition) is 15. The Morgan fingerprint density at radius 2 is 0.988 bits per heavy atom. The molecule has 0 saturated heterocycles. The second kappa shape index (κ2) is 32.1. The molecule has 27 heteroatoms. The molecule has 7 atom stereocenters. The highest BCUT2D eigenvalue weighted by Gasteiger charge is 2.35. The number of nitrogens with one attached hydrogen (secondary N) is 9. The van der Waals surface area contributed by atoms with Gasteiger partial charge in [0.15, 0.2) is 0 Å². The Morgan fingerprint density at radius 1 is 0.531 bits per heavy atom. The zero-order chi connectivity index (χ0) is 59.8. The number of carbonyl (C=O) groups is 11. The molecule has 1 aromatic heterocycles. The maximum atomic E-state index is 14.4. The highest BCUT2D eigenvalue weighted by atomic mass is 32.2. The van der Waals surface area contributed by atoms with Crippen molar-refractivity contribution in [1.82, 2.24) is 47.5 Å². The molecule has 0 saturated carbocycles. The Labute approximate surface area is 475 Å². The minimum Gasteiger partial charge on any atom is -0.508 e. The Bertz CT molecular complexity index is 2850. The van der Waals surface area contributed by atoms with E-state index in [2.05, 4.69) is 47.5 Å². The van der Waals surface area contributed by atoms with Crippen LogP contribution in [0.4, 0.5) is 4.79 Å². The first-order chi connectivity index (χ1) is 38.3. The van der Waals surface area contributed by atoms with Crippen LogP contribution in [0.1, 0.15) is 63.1 Å². The van der Waals surface area contributed by atoms with Gasteiger partial charge in [-0.15, -0.1) is 0 Å². The Balaban J connectivity index is 1.55. The van der Waals surface area contributed by atoms with Crippen molar-refractivity contribution in [2.24, 2.45) is 0 Å². The Morgan fingerprint density at radius 3 is 1.54 bits per heavy atom. The molecule has 81 heavy (non-hydrogen) atoms. The predicted octanol–water partition coefficient (Wildman–Crippen LogP) is 1.36. The first-order valence-electron chi connectivity index (χ1n) is 25.5. The summed E-state index contributed by atoms with van der Waals surface area (Å²) in [6.07, 6.45) is 1.49. The number of phenolic OH excluding ortho intramolecular Hbond substituents is 1. The van der Waals surface area contributed by atoms with Crippen molar-refractivity contribution in [3.05, 3.63) is 102 Å². The van der Waals surface area contributed by atoms with Gasteiger partial charge < -0.3 is 72.7 Å². The van der Waals surface area contributed by atoms with Gasteiger partial charge in [0.1, 0.15) is 53.6 Å². The minimum absolute atomic E-state index is 0.00399. The number of fused-ring (bicyclic) bond motifs is 1. The number of aliphatic carboxylic acids is 3. The van der Waals surface area contributed by atoms with E-state index in [1.54, 1.807) is 94.1 Å². The molecule has 25 nitrogen and oxygen atoms in total. The molecule has 1 heterocycles. The van der Waals surface area contributed by atoms with Gasteiger partial charge in [0.2, 0.25) is 41.4 Å². The summed E-state index contributed by atoms with van der Waals surface area (Å²) in [6, 6.07) is 10.3. The van der Waals surface area contributed by atoms with Gasteiger partial charge in [-0.25, -0.2) is 9.59 Å². The molecule has 0 fully saturated rings. The number of phenols is 1. The molecule has 4 aromatic rings. The number of rotatable bonds is 32. The average Bonchev–Trinajstić information content (AvgIpc) is 3.81. The van der Waals surface area contributed by atoms with Gasteiger partial charge in [-0.3, -0.25) is 43.2 Å². The van der Waals surface area contributed by atoms with Crippen LogP contribution in [0.5, 0.6) is 5.75 Å². The number of aromatic amines is 1. The van der Waals surface area contributed by atoms with E-state index in [9.17, 15) is 73.2 Å². The van der Waals surface area contributed by atoms with Crippen LogP contribution in [0.25, 0.3) is 10.9 Å². The molecular formula is C54H69N9O16S2. The predicted molar refractivity (Wildman–Crippen MR) is 300 cm³/mol. The number of carboxylic acids is 3. The lowest BCUT2D eigenvalue weighted by Gasteiger charge is -2.26. The van der Waals surface area contributed by atoms with Crippen LogP contribution in [0.15, 0.2) is 85.1 Å². The van der Waals surface area contributed by atoms with E-state index < -0.39 is 133 Å². The molecule has 13 N–H and O–H groups in total. The van der Waals surface area contributed by atoms with Gasteiger partial charge in [-0.1, -0.05) is 60.7 Å². The third-order valence-corrected chi connectivity index (χ3v) is 13.3. The molecule has 0 aliphatic carbocycles. The van der Waals surface area contributed by atoms with E-state index in [4.69, 9.17) is 4.74 Å². The van der Waals surface area contributed by atoms with Crippen molar-refractivity contribution in [3.8, 4) is 5.75 Å². The van der Waals surface area contributed by atoms with E-state index in [1.807, 2.05) is 0 Å². The van der Waals surface area contributed by atoms with Gasteiger partial charge in [0.05, 0.1) is 19.4 Å². The fraction of sp³-hybridized carbons (Fsp3) is 0.426. The molecule has 4 rings (SSSR count). The number of carbonyl (C=O) groups excluding carboxylic acids is 8. The SMILES string of the molecule is CSCC[C@H](NC(=O)[C@H](Cc1ccc(O)cc1)NC(=O)[C@H](CC(=O)O)NC(=O)OC(C)(C)C)C(=O)NCC(=O)N[C@@H](Cc1c[nH]c2ccccc12)C(=O)N[C@@H](CCSC)C(=O)N[C@@H](CC(=O)O)C(=O)N[C@@H](Cc1ccccc1)C(=O)O. The van der Waals surface area contributed by atoms with Crippen LogP contribution in [0.3, 0.4) is 0 Å². The fourth-order valence-corrected chi connectivity index (χ4v) is 8.92. The summed E-state index contributed by atoms with van der Waals surface area (Å²) in [7, 11) is 0. The Hall–Kier alpha value is -8.33. The number of carboxylic acid groups (broad SMARTS) is 3. The topological polar surface area (TPSA) is 390 Å². The summed E-state index contributed by atoms with van der Waals surface area (Å²) in [5.74, 6) is -10.7. The molecule has 3 aromatic carbocycles. The zero-order valence-corrected chi connectivity index (χ0v) is 46.8. The number of thioether (sulfide) groups is 2. The summed E-state index contributed by atoms with van der Waals surface area (Å²) in [5, 5.41) is 59.4. The van der Waals surface area contributed by atoms with Gasteiger partial charge in [0, 0.05) is 36.4 Å². The number of ether oxygens (including phenoxy) is 1. The van der Waals surface area contributed by atoms with Crippen molar-refractivity contribution in [2.45, 2.75) is 114 Å². The highest BCUT2D eigenvalue weighted by Crippen LogP contribution is 2.20. The van der Waals surface area contributed by atoms with Crippen LogP contribution in [0, 0.1) is 0 Å². The standard InChI is InChI=1S/C54H69N9O16S2/c1-54(2,3)79-53(78)63-41(27-45(68)69)51(75)60-38(23-31-15-17-33(64)18-16-31)48(72)58-36(19-21-80-4)46(70)56-29-43(65)57-39(25-32-28-55-35-14-10-9-13-34(32)35)49(73)59-37(20-22-81-5)47(71)61-40(26-44(66)67)50(74)62-42(52(76)77)24-30-11-7-6-8-12-30/h6-18,28,36-42,55,64H,19-27,29H2,1-5H3,(H,56,70)(H,57,65)(H,58,72)(H,59,73)(H,60,75)(H,61,71)(H,62,74)(H,63,78)(H,66,67)(H,68,69)(H,76,77)/t36-,37-,38-,39-,40-,41-,42-/m0/s1. The maximum absolute atomic E-state index is 14.4. The zero-order valence-electron chi connectivity index (χ0n) is 45.2. The number of para-hydroxylation sites is 1. The first kappa shape index (κ1) is 65.2. The lowest BCUT2D eigenvalue weighted by molar-refractivity contribution is -0.143. The van der Waals surface area contributed by atoms with Gasteiger partial charge >= 0.3 is 24.0 Å². The van der Waals surface area contributed by atoms with Gasteiger partial charge in [-0.05, 0) is 92.5 Å². The van der Waals surface area contributed by atoms with Crippen LogP contribution in [-0.2, 0) is 71.9 Å². The van der Waals surface area contributed by atoms with Crippen molar-refractivity contribution in [1.29, 1.82) is 0 Å². The smallest absolute Gasteiger partial charge is 0.408 e. The maximum Gasteiger partial charge on any atom is 0.408 e. The van der Waals surface area contributed by atoms with E-state index in [-0.39, 0.29) is 43.6 Å². The number of hydrogen-bond donors (Lipinski definition) is 13. The third kappa shape index (κ3) is 22.7. The highest BCUT2D eigenvalue weighted by molar-refractivity contribution is 7.98. The molecule has 0 radical (unpaired) electrons. The van der Waals surface area contributed by atoms with Gasteiger partial charge in [0.25, 0.3) is 0 Å². The fourth-order valence-electron chi connectivity index (χ4n) is 7.98. The molecule has 8 amide bonds. The molecule has 0 aliphatic heterocycles. The quantitative estimate of drug-likeness (QED) is 0.0328. The summed E-state index contributed by atoms with van der Waals surface area (Å²) in [5.41, 5.74) is 1.21. The molecule has 0 unspecified atom stereocenters. The van der Waals surface area contributed by atoms with Crippen molar-refractivity contribution < 1.29 is 77.9 Å². The van der Waals surface area contributed by atoms with Crippen LogP contribution >= 0.6 is 23.5 Å². The number of amides is 8. The van der Waals surface area contributed by atoms with Crippen LogP contribution in [0.2, 0.25) is 0 Å². The van der Waals surface area contributed by atoms with E-state index >= 15 is 0 Å². The Kier molecular flexibility index (Phi) is 25.8. The van der Waals surface area contributed by atoms with E-state index in [0.29, 0.717) is 33.3 Å². The summed E-state index contributed by atoms with van der Waals surface area (Å²) >= 11 is 2.62. The summed E-state index contributed by atoms with van der Waals surface area (Å²) in [4.78, 5) is 149. The monoisotopic (exact) mass is 1160 g/mol. The normalized spacial score (nSPS) is 13.7. The molecule has 438 valence electrons. The van der Waals surface area contributed by atoms with E-state index in [0.717, 1.165) is 0 Å². The largest absolute Gasteiger partial charge is 0.508 e. The van der Waals surface area contributed by atoms with Crippen molar-refractivity contribution in [3.63, 3.8) is 0 Å². The van der Waals surface area contributed by atoms with E-state index in [1.165, 1.54) is 47.8 Å². The van der Waals surface area contributed by atoms with Crippen LogP contribution < -0.4 is 42.5 Å². The number of aromatic hydroxyl groups is 1. The lowest BCUT2D eigenvalue weighted by Crippen LogP contribution is -2.59. The molecule has 0 spiro atoms. The third-order valence-electron chi connectivity index (χ3n) is 12.0. The van der Waals surface area contributed by atoms with Crippen molar-refractivity contribution in [2.75, 3.05) is 30.6 Å². The number of aromatic nitrogens is 1. The summed E-state index contributed by atoms with van der Waals surface area (Å²) < 4.78 is 5.20. The molecule has 0 bridgehead atoms. The van der Waals surface area contributed by atoms with Gasteiger partial charge in [-0.2, -0.15) is 23.5 Å². The summed E-state index contributed by atoms with van der Waals surface area (Å²) in [6.45, 7) is 3.90. The second-order valence-corrected chi connectivity index (χ2v) is 21.5. The molecular weight excluding hydrogens is 1090 g/mol. The van der Waals surface area contributed by atoms with Crippen molar-refractivity contribution >= 4 is 99.8 Å².